The number of nitrogens with zero attached hydrogens (tertiary/aromatic N) is 1. The van der Waals surface area contributed by atoms with Gasteiger partial charge in [0.1, 0.15) is 12.0 Å². The average molecular weight is 315 g/mol. The fourth-order valence-corrected chi connectivity index (χ4v) is 5.02. The van der Waals surface area contributed by atoms with Crippen LogP contribution in [0.2, 0.25) is 0 Å². The van der Waals surface area contributed by atoms with Crippen molar-refractivity contribution < 1.29 is 14.6 Å². The Kier molecular flexibility index (Phi) is 3.90. The molecule has 2 bridgehead atoms. The Morgan fingerprint density at radius 3 is 2.35 bits per heavy atom. The molecule has 4 rings (SSSR count). The predicted octanol–water partition coefficient (Wildman–Crippen LogP) is 2.18. The van der Waals surface area contributed by atoms with E-state index in [1.807, 2.05) is 30.3 Å². The van der Waals surface area contributed by atoms with Crippen LogP contribution in [0.4, 0.5) is 0 Å². The van der Waals surface area contributed by atoms with Gasteiger partial charge in [-0.2, -0.15) is 0 Å². The SMILES string of the molecule is CN1C2CC(OC(=O)C(CO)c3ccccc3)CC1[C@@H]1CC[C@H]21. The van der Waals surface area contributed by atoms with Crippen molar-refractivity contribution in [3.8, 4) is 0 Å². The maximum absolute atomic E-state index is 12.5. The molecule has 0 radical (unpaired) electrons. The minimum atomic E-state index is -0.565. The fourth-order valence-electron chi connectivity index (χ4n) is 5.02. The molecule has 2 heterocycles. The largest absolute Gasteiger partial charge is 0.462 e. The molecule has 4 unspecified atom stereocenters. The molecule has 4 nitrogen and oxygen atoms in total. The highest BCUT2D eigenvalue weighted by Crippen LogP contribution is 2.53. The van der Waals surface area contributed by atoms with Crippen LogP contribution >= 0.6 is 0 Å². The van der Waals surface area contributed by atoms with Gasteiger partial charge < -0.3 is 9.84 Å². The van der Waals surface area contributed by atoms with Gasteiger partial charge in [0.15, 0.2) is 0 Å². The number of fused-ring (bicyclic) bond motifs is 5. The number of ether oxygens (including phenoxy) is 1. The smallest absolute Gasteiger partial charge is 0.316 e. The van der Waals surface area contributed by atoms with Crippen LogP contribution in [-0.2, 0) is 9.53 Å². The Morgan fingerprint density at radius 1 is 1.22 bits per heavy atom. The number of aliphatic hydroxyl groups excluding tert-OH is 1. The highest BCUT2D eigenvalue weighted by Gasteiger charge is 2.55. The quantitative estimate of drug-likeness (QED) is 0.865. The molecule has 3 aliphatic rings. The number of esters is 1. The molecule has 1 saturated carbocycles. The van der Waals surface area contributed by atoms with Crippen LogP contribution in [0.1, 0.15) is 37.2 Å². The van der Waals surface area contributed by atoms with E-state index >= 15 is 0 Å². The molecule has 1 N–H and O–H groups in total. The van der Waals surface area contributed by atoms with Crippen molar-refractivity contribution in [2.45, 2.75) is 49.8 Å². The van der Waals surface area contributed by atoms with E-state index in [-0.39, 0.29) is 18.7 Å². The van der Waals surface area contributed by atoms with E-state index in [4.69, 9.17) is 4.74 Å². The Bertz CT molecular complexity index is 551. The summed E-state index contributed by atoms with van der Waals surface area (Å²) in [6.07, 6.45) is 4.58. The van der Waals surface area contributed by atoms with Crippen molar-refractivity contribution in [3.63, 3.8) is 0 Å². The number of rotatable bonds is 4. The Morgan fingerprint density at radius 2 is 1.83 bits per heavy atom. The van der Waals surface area contributed by atoms with E-state index in [2.05, 4.69) is 11.9 Å². The van der Waals surface area contributed by atoms with E-state index in [0.29, 0.717) is 12.1 Å². The third-order valence-electron chi connectivity index (χ3n) is 6.38. The Balaban J connectivity index is 1.43. The van der Waals surface area contributed by atoms with Crippen LogP contribution in [0.15, 0.2) is 30.3 Å². The van der Waals surface area contributed by atoms with Gasteiger partial charge >= 0.3 is 5.97 Å². The summed E-state index contributed by atoms with van der Waals surface area (Å²) in [6.45, 7) is -0.201. The molecule has 124 valence electrons. The number of hydrogen-bond donors (Lipinski definition) is 1. The lowest BCUT2D eigenvalue weighted by atomic mass is 9.71. The molecule has 0 spiro atoms. The number of carbonyl (C=O) groups is 1. The van der Waals surface area contributed by atoms with Gasteiger partial charge in [-0.15, -0.1) is 0 Å². The first-order chi connectivity index (χ1) is 11.2. The van der Waals surface area contributed by atoms with E-state index in [1.165, 1.54) is 12.8 Å². The summed E-state index contributed by atoms with van der Waals surface area (Å²) in [4.78, 5) is 15.1. The van der Waals surface area contributed by atoms with Crippen molar-refractivity contribution in [2.75, 3.05) is 13.7 Å². The lowest BCUT2D eigenvalue weighted by Gasteiger charge is -2.36. The first-order valence-electron chi connectivity index (χ1n) is 8.77. The lowest BCUT2D eigenvalue weighted by Crippen LogP contribution is -2.45. The lowest BCUT2D eigenvalue weighted by molar-refractivity contribution is -0.155. The van der Waals surface area contributed by atoms with Crippen molar-refractivity contribution in [3.05, 3.63) is 35.9 Å². The second kappa shape index (κ2) is 5.91. The van der Waals surface area contributed by atoms with E-state index in [1.54, 1.807) is 0 Å². The van der Waals surface area contributed by atoms with Gasteiger partial charge in [0.2, 0.25) is 0 Å². The number of benzene rings is 1. The Hall–Kier alpha value is -1.39. The number of piperidine rings is 1. The molecular weight excluding hydrogens is 290 g/mol. The van der Waals surface area contributed by atoms with Crippen LogP contribution < -0.4 is 0 Å². The summed E-state index contributed by atoms with van der Waals surface area (Å²) < 4.78 is 5.83. The molecular formula is C19H25NO3. The van der Waals surface area contributed by atoms with Crippen molar-refractivity contribution in [1.82, 2.24) is 4.90 Å². The molecule has 1 aliphatic carbocycles. The minimum Gasteiger partial charge on any atom is -0.462 e. The monoisotopic (exact) mass is 315 g/mol. The molecule has 4 heteroatoms. The average Bonchev–Trinajstić information content (AvgIpc) is 2.62. The molecule has 0 aromatic heterocycles. The van der Waals surface area contributed by atoms with Crippen LogP contribution in [0, 0.1) is 11.8 Å². The molecule has 1 aromatic rings. The van der Waals surface area contributed by atoms with Gasteiger partial charge in [0, 0.05) is 24.9 Å². The summed E-state index contributed by atoms with van der Waals surface area (Å²) in [5.74, 6) is 0.790. The molecule has 6 atom stereocenters. The summed E-state index contributed by atoms with van der Waals surface area (Å²) in [7, 11) is 2.23. The van der Waals surface area contributed by atoms with Crippen LogP contribution in [-0.4, -0.2) is 47.8 Å². The normalized spacial score (nSPS) is 36.9. The predicted molar refractivity (Wildman–Crippen MR) is 86.9 cm³/mol. The second-order valence-electron chi connectivity index (χ2n) is 7.38. The first kappa shape index (κ1) is 15.2. The van der Waals surface area contributed by atoms with Crippen molar-refractivity contribution in [2.24, 2.45) is 11.8 Å². The number of hydrogen-bond acceptors (Lipinski definition) is 4. The summed E-state index contributed by atoms with van der Waals surface area (Å²) in [5.41, 5.74) is 0.830. The van der Waals surface area contributed by atoms with Gasteiger partial charge in [-0.25, -0.2) is 0 Å². The molecule has 2 aliphatic heterocycles. The number of carbonyl (C=O) groups excluding carboxylic acids is 1. The highest BCUT2D eigenvalue weighted by atomic mass is 16.5. The van der Waals surface area contributed by atoms with Gasteiger partial charge in [-0.05, 0) is 37.3 Å². The summed E-state index contributed by atoms with van der Waals surface area (Å²) >= 11 is 0. The van der Waals surface area contributed by atoms with Crippen molar-refractivity contribution >= 4 is 5.97 Å². The standard InChI is InChI=1S/C19H25NO3/c1-20-17-9-13(10-18(20)15-8-7-14(15)17)23-19(22)16(11-21)12-5-3-2-4-6-12/h2-6,13-18,21H,7-11H2,1H3/t13?,14-,15+,16?,17?,18?. The first-order valence-corrected chi connectivity index (χ1v) is 8.77. The highest BCUT2D eigenvalue weighted by molar-refractivity contribution is 5.78. The zero-order chi connectivity index (χ0) is 16.0. The van der Waals surface area contributed by atoms with E-state index in [0.717, 1.165) is 30.2 Å². The Labute approximate surface area is 137 Å². The third-order valence-corrected chi connectivity index (χ3v) is 6.38. The van der Waals surface area contributed by atoms with Crippen molar-refractivity contribution in [1.29, 1.82) is 0 Å². The molecule has 3 fully saturated rings. The molecule has 23 heavy (non-hydrogen) atoms. The van der Waals surface area contributed by atoms with Crippen LogP contribution in [0.5, 0.6) is 0 Å². The van der Waals surface area contributed by atoms with Gasteiger partial charge in [0.25, 0.3) is 0 Å². The van der Waals surface area contributed by atoms with Gasteiger partial charge in [0.05, 0.1) is 6.61 Å². The van der Waals surface area contributed by atoms with E-state index in [9.17, 15) is 9.90 Å². The topological polar surface area (TPSA) is 49.8 Å². The summed E-state index contributed by atoms with van der Waals surface area (Å²) in [6, 6.07) is 10.6. The summed E-state index contributed by atoms with van der Waals surface area (Å²) in [5, 5.41) is 9.62. The zero-order valence-electron chi connectivity index (χ0n) is 13.6. The van der Waals surface area contributed by atoms with E-state index < -0.39 is 5.92 Å². The van der Waals surface area contributed by atoms with Gasteiger partial charge in [-0.3, -0.25) is 9.69 Å². The zero-order valence-corrected chi connectivity index (χ0v) is 13.6. The van der Waals surface area contributed by atoms with Crippen LogP contribution in [0.25, 0.3) is 0 Å². The fraction of sp³-hybridized carbons (Fsp3) is 0.632. The molecule has 1 aromatic carbocycles. The van der Waals surface area contributed by atoms with Gasteiger partial charge in [-0.1, -0.05) is 30.3 Å². The van der Waals surface area contributed by atoms with Crippen LogP contribution in [0.3, 0.4) is 0 Å². The molecule has 2 saturated heterocycles. The maximum atomic E-state index is 12.5. The number of aliphatic hydroxyl groups is 1. The third kappa shape index (κ3) is 2.48. The minimum absolute atomic E-state index is 0.0112. The maximum Gasteiger partial charge on any atom is 0.316 e. The molecule has 0 amide bonds. The second-order valence-corrected chi connectivity index (χ2v) is 7.38.